The summed E-state index contributed by atoms with van der Waals surface area (Å²) in [4.78, 5) is 21.3. The van der Waals surface area contributed by atoms with Gasteiger partial charge in [-0.25, -0.2) is 14.8 Å². The van der Waals surface area contributed by atoms with Crippen molar-refractivity contribution in [2.45, 2.75) is 34.3 Å². The number of ether oxygens (including phenoxy) is 1. The molecule has 8 nitrogen and oxygen atoms in total. The summed E-state index contributed by atoms with van der Waals surface area (Å²) < 4.78 is 8.69. The number of rotatable bonds is 5. The maximum absolute atomic E-state index is 12.4. The van der Waals surface area contributed by atoms with Gasteiger partial charge in [-0.15, -0.1) is 0 Å². The van der Waals surface area contributed by atoms with Gasteiger partial charge in [0.1, 0.15) is 12.4 Å². The van der Waals surface area contributed by atoms with E-state index in [4.69, 9.17) is 4.74 Å². The van der Waals surface area contributed by atoms with Gasteiger partial charge in [0, 0.05) is 30.1 Å². The van der Waals surface area contributed by atoms with Gasteiger partial charge in [-0.3, -0.25) is 0 Å². The van der Waals surface area contributed by atoms with E-state index in [9.17, 15) is 4.79 Å². The van der Waals surface area contributed by atoms with Crippen LogP contribution in [-0.4, -0.2) is 29.8 Å². The number of tetrazole rings is 1. The Hall–Kier alpha value is -3.81. The van der Waals surface area contributed by atoms with Crippen molar-refractivity contribution in [1.82, 2.24) is 29.8 Å². The second kappa shape index (κ2) is 8.14. The number of aromatic nitrogens is 6. The molecule has 0 fully saturated rings. The van der Waals surface area contributed by atoms with Gasteiger partial charge in [-0.1, -0.05) is 12.1 Å². The van der Waals surface area contributed by atoms with Gasteiger partial charge in [-0.05, 0) is 79.1 Å². The Kier molecular flexibility index (Phi) is 5.37. The second-order valence-electron chi connectivity index (χ2n) is 7.61. The molecule has 0 bridgehead atoms. The molecule has 0 atom stereocenters. The summed E-state index contributed by atoms with van der Waals surface area (Å²) in [6.45, 7) is 8.25. The van der Waals surface area contributed by atoms with Crippen LogP contribution in [0.5, 0.6) is 5.75 Å². The highest BCUT2D eigenvalue weighted by Gasteiger charge is 2.15. The van der Waals surface area contributed by atoms with Crippen LogP contribution in [0.1, 0.15) is 27.9 Å². The highest BCUT2D eigenvalue weighted by Crippen LogP contribution is 2.29. The van der Waals surface area contributed by atoms with Crippen LogP contribution < -0.4 is 10.4 Å². The van der Waals surface area contributed by atoms with Gasteiger partial charge in [0.15, 0.2) is 5.82 Å². The fourth-order valence-electron chi connectivity index (χ4n) is 3.45. The lowest BCUT2D eigenvalue weighted by Gasteiger charge is -2.16. The first-order valence-corrected chi connectivity index (χ1v) is 9.97. The van der Waals surface area contributed by atoms with Gasteiger partial charge < -0.3 is 4.74 Å². The van der Waals surface area contributed by atoms with E-state index in [1.807, 2.05) is 64.1 Å². The highest BCUT2D eigenvalue weighted by molar-refractivity contribution is 5.63. The van der Waals surface area contributed by atoms with Crippen molar-refractivity contribution < 1.29 is 4.74 Å². The highest BCUT2D eigenvalue weighted by atomic mass is 16.5. The molecule has 0 aliphatic rings. The molecule has 0 aliphatic heterocycles. The van der Waals surface area contributed by atoms with Crippen LogP contribution in [0.2, 0.25) is 0 Å². The molecule has 0 unspecified atom stereocenters. The quantitative estimate of drug-likeness (QED) is 0.496. The first-order valence-electron chi connectivity index (χ1n) is 9.97. The van der Waals surface area contributed by atoms with E-state index in [-0.39, 0.29) is 5.69 Å². The van der Waals surface area contributed by atoms with Crippen LogP contribution in [0.3, 0.4) is 0 Å². The molecule has 0 radical (unpaired) electrons. The maximum atomic E-state index is 12.4. The summed E-state index contributed by atoms with van der Waals surface area (Å²) in [5.41, 5.74) is 6.17. The van der Waals surface area contributed by atoms with Crippen LogP contribution in [0.25, 0.3) is 17.1 Å². The van der Waals surface area contributed by atoms with E-state index in [0.29, 0.717) is 18.1 Å². The minimum Gasteiger partial charge on any atom is -0.489 e. The molecule has 0 spiro atoms. The van der Waals surface area contributed by atoms with Crippen LogP contribution in [-0.2, 0) is 13.7 Å². The lowest BCUT2D eigenvalue weighted by Crippen LogP contribution is -2.23. The lowest BCUT2D eigenvalue weighted by molar-refractivity contribution is 0.302. The van der Waals surface area contributed by atoms with Crippen molar-refractivity contribution in [3.05, 3.63) is 81.0 Å². The Labute approximate surface area is 180 Å². The Morgan fingerprint density at radius 3 is 2.48 bits per heavy atom. The van der Waals surface area contributed by atoms with E-state index < -0.39 is 0 Å². The Morgan fingerprint density at radius 2 is 1.77 bits per heavy atom. The van der Waals surface area contributed by atoms with E-state index >= 15 is 0 Å². The average molecular weight is 416 g/mol. The van der Waals surface area contributed by atoms with Crippen LogP contribution in [0.4, 0.5) is 0 Å². The summed E-state index contributed by atoms with van der Waals surface area (Å²) in [5, 5.41) is 7.79. The fourth-order valence-corrected chi connectivity index (χ4v) is 3.45. The largest absolute Gasteiger partial charge is 0.489 e. The van der Waals surface area contributed by atoms with Gasteiger partial charge in [0.05, 0.1) is 5.69 Å². The zero-order chi connectivity index (χ0) is 22.1. The predicted molar refractivity (Wildman–Crippen MR) is 117 cm³/mol. The fraction of sp³-hybridized carbons (Fsp3) is 0.261. The number of hydrogen-bond acceptors (Lipinski definition) is 6. The average Bonchev–Trinajstić information content (AvgIpc) is 3.07. The molecule has 4 rings (SSSR count). The molecule has 2 aromatic heterocycles. The van der Waals surface area contributed by atoms with Crippen molar-refractivity contribution in [2.75, 3.05) is 0 Å². The predicted octanol–water partition coefficient (Wildman–Crippen LogP) is 3.24. The number of hydrogen-bond donors (Lipinski definition) is 0. The van der Waals surface area contributed by atoms with Crippen molar-refractivity contribution in [3.63, 3.8) is 0 Å². The van der Waals surface area contributed by atoms with E-state index in [1.54, 1.807) is 13.2 Å². The molecule has 0 amide bonds. The number of aryl methyl sites for hydroxylation is 5. The summed E-state index contributed by atoms with van der Waals surface area (Å²) >= 11 is 0. The summed E-state index contributed by atoms with van der Waals surface area (Å²) in [5.74, 6) is 1.48. The van der Waals surface area contributed by atoms with Gasteiger partial charge in [0.2, 0.25) is 0 Å². The number of benzene rings is 2. The van der Waals surface area contributed by atoms with Gasteiger partial charge >= 0.3 is 5.69 Å². The first-order chi connectivity index (χ1) is 14.8. The Bertz CT molecular complexity index is 1320. The first kappa shape index (κ1) is 20.5. The smallest absolute Gasteiger partial charge is 0.368 e. The summed E-state index contributed by atoms with van der Waals surface area (Å²) in [6, 6.07) is 11.7. The van der Waals surface area contributed by atoms with Crippen LogP contribution >= 0.6 is 0 Å². The molecule has 8 heteroatoms. The third kappa shape index (κ3) is 3.96. The molecule has 158 valence electrons. The third-order valence-electron chi connectivity index (χ3n) is 5.26. The molecule has 2 aromatic carbocycles. The summed E-state index contributed by atoms with van der Waals surface area (Å²) in [7, 11) is 1.57. The third-order valence-corrected chi connectivity index (χ3v) is 5.26. The van der Waals surface area contributed by atoms with Gasteiger partial charge in [-0.2, -0.15) is 9.36 Å². The van der Waals surface area contributed by atoms with E-state index in [1.165, 1.54) is 9.36 Å². The molecule has 4 aromatic rings. The lowest BCUT2D eigenvalue weighted by atomic mass is 10.0. The van der Waals surface area contributed by atoms with Crippen LogP contribution in [0, 0.1) is 27.7 Å². The molecular formula is C23H24N6O2. The zero-order valence-electron chi connectivity index (χ0n) is 18.2. The minimum absolute atomic E-state index is 0.297. The molecule has 31 heavy (non-hydrogen) atoms. The molecule has 0 saturated heterocycles. The SMILES string of the molecule is Cc1ccnc(-c2cc(C)c(OCc3c(C)cccc3-n3nnn(C)c3=O)cc2C)n1. The summed E-state index contributed by atoms with van der Waals surface area (Å²) in [6.07, 6.45) is 1.77. The standard InChI is InChI=1S/C23H24N6O2/c1-14-7-6-8-20(29-23(30)28(5)26-27-29)19(14)13-31-21-12-15(2)18(11-16(21)3)22-24-10-9-17(4)25-22/h6-12H,13H2,1-5H3. The van der Waals surface area contributed by atoms with E-state index in [0.717, 1.165) is 39.3 Å². The topological polar surface area (TPSA) is 87.7 Å². The second-order valence-corrected chi connectivity index (χ2v) is 7.61. The minimum atomic E-state index is -0.304. The maximum Gasteiger partial charge on any atom is 0.368 e. The van der Waals surface area contributed by atoms with Crippen LogP contribution in [0.15, 0.2) is 47.4 Å². The van der Waals surface area contributed by atoms with E-state index in [2.05, 4.69) is 20.4 Å². The molecular weight excluding hydrogens is 392 g/mol. The molecule has 0 N–H and O–H groups in total. The zero-order valence-corrected chi connectivity index (χ0v) is 18.2. The molecule has 0 saturated carbocycles. The normalized spacial score (nSPS) is 11.0. The van der Waals surface area contributed by atoms with Crippen molar-refractivity contribution in [1.29, 1.82) is 0 Å². The molecule has 2 heterocycles. The van der Waals surface area contributed by atoms with Crippen molar-refractivity contribution in [3.8, 4) is 22.8 Å². The molecule has 0 aliphatic carbocycles. The number of nitrogens with zero attached hydrogens (tertiary/aromatic N) is 6. The Balaban J connectivity index is 1.66. The Morgan fingerprint density at radius 1 is 0.968 bits per heavy atom. The van der Waals surface area contributed by atoms with Gasteiger partial charge in [0.25, 0.3) is 0 Å². The monoisotopic (exact) mass is 416 g/mol. The van der Waals surface area contributed by atoms with Crippen molar-refractivity contribution in [2.24, 2.45) is 7.05 Å². The van der Waals surface area contributed by atoms with Crippen molar-refractivity contribution >= 4 is 0 Å².